The van der Waals surface area contributed by atoms with Gasteiger partial charge in [-0.1, -0.05) is 17.7 Å². The Labute approximate surface area is 109 Å². The van der Waals surface area contributed by atoms with Crippen LogP contribution in [0.3, 0.4) is 0 Å². The topological polar surface area (TPSA) is 61.0 Å². The van der Waals surface area contributed by atoms with E-state index in [1.165, 1.54) is 37.7 Å². The average molecular weight is 268 g/mol. The highest BCUT2D eigenvalue weighted by molar-refractivity contribution is 6.31. The van der Waals surface area contributed by atoms with Crippen molar-refractivity contribution in [3.05, 3.63) is 52.7 Å². The van der Waals surface area contributed by atoms with Gasteiger partial charge in [-0.25, -0.2) is 9.37 Å². The number of ether oxygens (including phenoxy) is 1. The highest BCUT2D eigenvalue weighted by atomic mass is 35.5. The second-order valence-corrected chi connectivity index (χ2v) is 4.00. The van der Waals surface area contributed by atoms with Gasteiger partial charge in [-0.2, -0.15) is 0 Å². The first-order valence-electron chi connectivity index (χ1n) is 5.19. The minimum absolute atomic E-state index is 0.246. The van der Waals surface area contributed by atoms with E-state index in [2.05, 4.69) is 9.97 Å². The van der Waals surface area contributed by atoms with Gasteiger partial charge in [0.1, 0.15) is 11.5 Å². The molecule has 1 aromatic carbocycles. The zero-order valence-electron chi connectivity index (χ0n) is 9.60. The summed E-state index contributed by atoms with van der Waals surface area (Å²) in [5.74, 6) is -0.0903. The lowest BCUT2D eigenvalue weighted by molar-refractivity contribution is 0.387. The predicted molar refractivity (Wildman–Crippen MR) is 66.0 cm³/mol. The molecule has 1 atom stereocenters. The molecule has 18 heavy (non-hydrogen) atoms. The van der Waals surface area contributed by atoms with E-state index < -0.39 is 11.9 Å². The van der Waals surface area contributed by atoms with E-state index in [0.29, 0.717) is 17.1 Å². The molecule has 0 spiro atoms. The zero-order chi connectivity index (χ0) is 13.1. The normalized spacial score (nSPS) is 12.2. The Kier molecular flexibility index (Phi) is 3.74. The van der Waals surface area contributed by atoms with E-state index in [1.54, 1.807) is 0 Å². The van der Waals surface area contributed by atoms with Crippen molar-refractivity contribution in [3.8, 4) is 5.88 Å². The number of rotatable bonds is 3. The van der Waals surface area contributed by atoms with Gasteiger partial charge in [0.05, 0.1) is 13.2 Å². The van der Waals surface area contributed by atoms with Crippen LogP contribution in [-0.4, -0.2) is 17.1 Å². The van der Waals surface area contributed by atoms with Crippen LogP contribution in [0.4, 0.5) is 4.39 Å². The SMILES string of the molecule is COc1nccnc1C(N)c1ccc(F)cc1Cl. The molecule has 0 aliphatic carbocycles. The van der Waals surface area contributed by atoms with Crippen molar-refractivity contribution in [1.29, 1.82) is 0 Å². The lowest BCUT2D eigenvalue weighted by atomic mass is 10.0. The number of nitrogens with zero attached hydrogens (tertiary/aromatic N) is 2. The first kappa shape index (κ1) is 12.7. The van der Waals surface area contributed by atoms with E-state index in [0.717, 1.165) is 0 Å². The molecule has 1 unspecified atom stereocenters. The first-order chi connectivity index (χ1) is 8.63. The second-order valence-electron chi connectivity index (χ2n) is 3.59. The smallest absolute Gasteiger partial charge is 0.237 e. The minimum atomic E-state index is -0.623. The number of hydrogen-bond acceptors (Lipinski definition) is 4. The quantitative estimate of drug-likeness (QED) is 0.927. The number of benzene rings is 1. The molecule has 0 radical (unpaired) electrons. The molecule has 2 aromatic rings. The average Bonchev–Trinajstić information content (AvgIpc) is 2.38. The van der Waals surface area contributed by atoms with Crippen LogP contribution < -0.4 is 10.5 Å². The zero-order valence-corrected chi connectivity index (χ0v) is 10.4. The molecular weight excluding hydrogens is 257 g/mol. The minimum Gasteiger partial charge on any atom is -0.480 e. The fourth-order valence-electron chi connectivity index (χ4n) is 1.61. The summed E-state index contributed by atoms with van der Waals surface area (Å²) in [6.45, 7) is 0. The molecule has 1 aromatic heterocycles. The molecule has 0 amide bonds. The van der Waals surface area contributed by atoms with Gasteiger partial charge >= 0.3 is 0 Å². The Bertz CT molecular complexity index is 565. The monoisotopic (exact) mass is 267 g/mol. The molecule has 94 valence electrons. The van der Waals surface area contributed by atoms with Gasteiger partial charge in [-0.15, -0.1) is 0 Å². The van der Waals surface area contributed by atoms with E-state index in [4.69, 9.17) is 22.1 Å². The maximum absolute atomic E-state index is 13.0. The lowest BCUT2D eigenvalue weighted by Gasteiger charge is -2.15. The summed E-state index contributed by atoms with van der Waals surface area (Å²) < 4.78 is 18.1. The van der Waals surface area contributed by atoms with Crippen molar-refractivity contribution in [1.82, 2.24) is 9.97 Å². The first-order valence-corrected chi connectivity index (χ1v) is 5.56. The van der Waals surface area contributed by atoms with Crippen molar-refractivity contribution in [2.75, 3.05) is 7.11 Å². The molecule has 0 saturated heterocycles. The number of aromatic nitrogens is 2. The van der Waals surface area contributed by atoms with Crippen molar-refractivity contribution >= 4 is 11.6 Å². The third-order valence-electron chi connectivity index (χ3n) is 2.48. The molecule has 2 N–H and O–H groups in total. The molecule has 4 nitrogen and oxygen atoms in total. The number of halogens is 2. The van der Waals surface area contributed by atoms with Crippen molar-refractivity contribution in [2.45, 2.75) is 6.04 Å². The highest BCUT2D eigenvalue weighted by Crippen LogP contribution is 2.29. The van der Waals surface area contributed by atoms with E-state index >= 15 is 0 Å². The lowest BCUT2D eigenvalue weighted by Crippen LogP contribution is -2.16. The molecule has 2 rings (SSSR count). The largest absolute Gasteiger partial charge is 0.480 e. The molecule has 6 heteroatoms. The second kappa shape index (κ2) is 5.29. The van der Waals surface area contributed by atoms with Crippen molar-refractivity contribution in [2.24, 2.45) is 5.73 Å². The van der Waals surface area contributed by atoms with Crippen LogP contribution in [0.1, 0.15) is 17.3 Å². The van der Waals surface area contributed by atoms with Gasteiger partial charge < -0.3 is 10.5 Å². The number of methoxy groups -OCH3 is 1. The maximum atomic E-state index is 13.0. The van der Waals surface area contributed by atoms with Crippen LogP contribution in [0.5, 0.6) is 5.88 Å². The van der Waals surface area contributed by atoms with Crippen molar-refractivity contribution < 1.29 is 9.13 Å². The van der Waals surface area contributed by atoms with Gasteiger partial charge in [0.2, 0.25) is 5.88 Å². The summed E-state index contributed by atoms with van der Waals surface area (Å²) >= 11 is 5.96. The summed E-state index contributed by atoms with van der Waals surface area (Å²) in [6.07, 6.45) is 3.01. The third kappa shape index (κ3) is 2.42. The van der Waals surface area contributed by atoms with E-state index in [9.17, 15) is 4.39 Å². The standard InChI is InChI=1S/C12H11ClFN3O/c1-18-12-11(16-4-5-17-12)10(15)8-3-2-7(14)6-9(8)13/h2-6,10H,15H2,1H3. The maximum Gasteiger partial charge on any atom is 0.237 e. The van der Waals surface area contributed by atoms with Crippen LogP contribution >= 0.6 is 11.6 Å². The summed E-state index contributed by atoms with van der Waals surface area (Å²) in [4.78, 5) is 8.13. The third-order valence-corrected chi connectivity index (χ3v) is 2.80. The van der Waals surface area contributed by atoms with Gasteiger partial charge in [-0.05, 0) is 17.7 Å². The highest BCUT2D eigenvalue weighted by Gasteiger charge is 2.19. The van der Waals surface area contributed by atoms with E-state index in [1.807, 2.05) is 0 Å². The van der Waals surface area contributed by atoms with Crippen molar-refractivity contribution in [3.63, 3.8) is 0 Å². The van der Waals surface area contributed by atoms with Gasteiger partial charge in [-0.3, -0.25) is 4.98 Å². The molecule has 0 fully saturated rings. The Morgan fingerprint density at radius 2 is 2.06 bits per heavy atom. The van der Waals surface area contributed by atoms with Crippen LogP contribution in [0.2, 0.25) is 5.02 Å². The van der Waals surface area contributed by atoms with Gasteiger partial charge in [0.15, 0.2) is 0 Å². The summed E-state index contributed by atoms with van der Waals surface area (Å²) in [7, 11) is 1.48. The molecular formula is C12H11ClFN3O. The summed E-state index contributed by atoms with van der Waals surface area (Å²) in [6, 6.07) is 3.40. The van der Waals surface area contributed by atoms with Crippen LogP contribution in [-0.2, 0) is 0 Å². The van der Waals surface area contributed by atoms with Gasteiger partial charge in [0, 0.05) is 17.4 Å². The van der Waals surface area contributed by atoms with Crippen LogP contribution in [0.25, 0.3) is 0 Å². The fraction of sp³-hybridized carbons (Fsp3) is 0.167. The molecule has 0 saturated carbocycles. The number of hydrogen-bond donors (Lipinski definition) is 1. The Balaban J connectivity index is 2.44. The Morgan fingerprint density at radius 1 is 1.33 bits per heavy atom. The number of nitrogens with two attached hydrogens (primary N) is 1. The van der Waals surface area contributed by atoms with Crippen LogP contribution in [0, 0.1) is 5.82 Å². The van der Waals surface area contributed by atoms with E-state index in [-0.39, 0.29) is 5.02 Å². The summed E-state index contributed by atoms with van der Waals surface area (Å²) in [5.41, 5.74) is 7.07. The summed E-state index contributed by atoms with van der Waals surface area (Å²) in [5, 5.41) is 0.246. The van der Waals surface area contributed by atoms with Crippen LogP contribution in [0.15, 0.2) is 30.6 Å². The molecule has 0 bridgehead atoms. The predicted octanol–water partition coefficient (Wildman–Crippen LogP) is 2.33. The fourth-order valence-corrected chi connectivity index (χ4v) is 1.89. The Hall–Kier alpha value is -1.72. The van der Waals surface area contributed by atoms with Gasteiger partial charge in [0.25, 0.3) is 0 Å². The molecule has 0 aliphatic heterocycles. The molecule has 0 aliphatic rings. The molecule has 1 heterocycles. The Morgan fingerprint density at radius 3 is 2.72 bits per heavy atom.